The fraction of sp³-hybridized carbons (Fsp3) is 0.387. The standard InChI is InChI=1S/C19H13N2.C12H22O2.Ir/c1-3-9-15(10-4-1)19-20-17-13-7-8-14-18(17)21(19)16-11-5-2-6-12-16;1-3-7-5-9-6-8(4-2)12(14)10(9)11(7)13;/h1-9,11-14H;7-14H,3-6H2,1-2H3;/q-1;;/t;7-,8-,9?,10?,11?,12?;/m.0./s1. The zero-order valence-electron chi connectivity index (χ0n) is 20.9. The van der Waals surface area contributed by atoms with Crippen LogP contribution in [-0.2, 0) is 20.1 Å². The maximum absolute atomic E-state index is 10.1. The predicted octanol–water partition coefficient (Wildman–Crippen LogP) is 6.29. The number of aliphatic hydroxyl groups is 2. The molecule has 2 saturated carbocycles. The molecule has 5 heteroatoms. The van der Waals surface area contributed by atoms with E-state index < -0.39 is 0 Å². The van der Waals surface area contributed by atoms with Crippen LogP contribution in [0.3, 0.4) is 0 Å². The molecule has 4 nitrogen and oxygen atoms in total. The summed E-state index contributed by atoms with van der Waals surface area (Å²) in [5.74, 6) is 2.58. The number of fused-ring (bicyclic) bond motifs is 2. The van der Waals surface area contributed by atoms with E-state index in [4.69, 9.17) is 4.98 Å². The largest absolute Gasteiger partial charge is 0.392 e. The number of imidazole rings is 1. The summed E-state index contributed by atoms with van der Waals surface area (Å²) in [5, 5.41) is 20.2. The molecule has 0 saturated heterocycles. The summed E-state index contributed by atoms with van der Waals surface area (Å²) in [5.41, 5.74) is 4.21. The molecule has 1 heterocycles. The third-order valence-electron chi connectivity index (χ3n) is 8.08. The Bertz CT molecular complexity index is 1220. The van der Waals surface area contributed by atoms with Crippen molar-refractivity contribution in [2.45, 2.75) is 51.7 Å². The van der Waals surface area contributed by atoms with Gasteiger partial charge in [-0.15, -0.1) is 35.9 Å². The van der Waals surface area contributed by atoms with Crippen molar-refractivity contribution < 1.29 is 30.3 Å². The Labute approximate surface area is 227 Å². The fourth-order valence-electron chi connectivity index (χ4n) is 6.25. The van der Waals surface area contributed by atoms with Gasteiger partial charge in [0.2, 0.25) is 0 Å². The van der Waals surface area contributed by atoms with Crippen molar-refractivity contribution in [3.63, 3.8) is 0 Å². The fourth-order valence-corrected chi connectivity index (χ4v) is 6.25. The van der Waals surface area contributed by atoms with Gasteiger partial charge in [0, 0.05) is 31.7 Å². The van der Waals surface area contributed by atoms with Gasteiger partial charge in [0.1, 0.15) is 0 Å². The van der Waals surface area contributed by atoms with Crippen LogP contribution in [0.15, 0.2) is 78.9 Å². The molecule has 4 atom stereocenters. The van der Waals surface area contributed by atoms with Gasteiger partial charge in [-0.25, -0.2) is 0 Å². The van der Waals surface area contributed by atoms with Crippen molar-refractivity contribution in [1.29, 1.82) is 0 Å². The Morgan fingerprint density at radius 1 is 0.833 bits per heavy atom. The minimum atomic E-state index is -0.239. The summed E-state index contributed by atoms with van der Waals surface area (Å²) in [6, 6.07) is 29.7. The minimum absolute atomic E-state index is 0. The Kier molecular flexibility index (Phi) is 8.79. The maximum Gasteiger partial charge on any atom is 0.0774 e. The van der Waals surface area contributed by atoms with Gasteiger partial charge in [-0.2, -0.15) is 0 Å². The van der Waals surface area contributed by atoms with Crippen LogP contribution in [0.25, 0.3) is 28.1 Å². The summed E-state index contributed by atoms with van der Waals surface area (Å²) >= 11 is 0. The van der Waals surface area contributed by atoms with Gasteiger partial charge in [0.15, 0.2) is 0 Å². The first-order valence-electron chi connectivity index (χ1n) is 13.0. The zero-order chi connectivity index (χ0) is 24.4. The first kappa shape index (κ1) is 26.8. The van der Waals surface area contributed by atoms with Crippen LogP contribution in [0.2, 0.25) is 0 Å². The van der Waals surface area contributed by atoms with E-state index in [1.165, 1.54) is 0 Å². The molecule has 191 valence electrons. The number of aliphatic hydroxyl groups excluding tert-OH is 2. The number of hydrogen-bond donors (Lipinski definition) is 2. The summed E-state index contributed by atoms with van der Waals surface area (Å²) < 4.78 is 2.18. The molecule has 0 spiro atoms. The van der Waals surface area contributed by atoms with E-state index in [9.17, 15) is 10.2 Å². The van der Waals surface area contributed by atoms with Gasteiger partial charge >= 0.3 is 0 Å². The molecule has 0 aliphatic heterocycles. The molecule has 2 aliphatic rings. The molecule has 2 fully saturated rings. The van der Waals surface area contributed by atoms with Gasteiger partial charge in [0.25, 0.3) is 0 Å². The second kappa shape index (κ2) is 11.8. The summed E-state index contributed by atoms with van der Waals surface area (Å²) in [6.45, 7) is 4.28. The monoisotopic (exact) mass is 660 g/mol. The van der Waals surface area contributed by atoms with E-state index in [1.807, 2.05) is 60.7 Å². The molecular formula is C31H35IrN2O2-. The Morgan fingerprint density at radius 2 is 1.44 bits per heavy atom. The van der Waals surface area contributed by atoms with Crippen molar-refractivity contribution >= 4 is 11.0 Å². The van der Waals surface area contributed by atoms with Gasteiger partial charge in [-0.05, 0) is 54.9 Å². The van der Waals surface area contributed by atoms with Gasteiger partial charge in [0.05, 0.1) is 29.1 Å². The van der Waals surface area contributed by atoms with Crippen LogP contribution in [0, 0.1) is 29.7 Å². The molecule has 36 heavy (non-hydrogen) atoms. The molecule has 2 N–H and O–H groups in total. The average Bonchev–Trinajstić information content (AvgIpc) is 3.55. The maximum atomic E-state index is 10.1. The van der Waals surface area contributed by atoms with Gasteiger partial charge in [-0.3, -0.25) is 4.98 Å². The SMILES string of the molecule is CC[C@H]1CC2C[C@H](CC)C(O)C2C1O.[Ir].[c-]1ccccc1-c1nc2ccccc2n1-c1ccccc1. The zero-order valence-corrected chi connectivity index (χ0v) is 23.3. The second-order valence-corrected chi connectivity index (χ2v) is 10.00. The quantitative estimate of drug-likeness (QED) is 0.253. The number of hydrogen-bond acceptors (Lipinski definition) is 3. The molecular weight excluding hydrogens is 625 g/mol. The minimum Gasteiger partial charge on any atom is -0.392 e. The van der Waals surface area contributed by atoms with E-state index in [0.29, 0.717) is 17.8 Å². The van der Waals surface area contributed by atoms with E-state index in [1.54, 1.807) is 0 Å². The van der Waals surface area contributed by atoms with Gasteiger partial charge < -0.3 is 14.8 Å². The van der Waals surface area contributed by atoms with E-state index >= 15 is 0 Å². The van der Waals surface area contributed by atoms with E-state index in [2.05, 4.69) is 42.7 Å². The molecule has 6 rings (SSSR count). The van der Waals surface area contributed by atoms with Crippen LogP contribution in [0.5, 0.6) is 0 Å². The molecule has 2 aliphatic carbocycles. The molecule has 3 aromatic carbocycles. The van der Waals surface area contributed by atoms with Crippen molar-refractivity contribution in [2.24, 2.45) is 23.7 Å². The first-order chi connectivity index (χ1) is 17.1. The number of para-hydroxylation sites is 3. The second-order valence-electron chi connectivity index (χ2n) is 10.00. The Hall–Kier alpha value is -2.30. The smallest absolute Gasteiger partial charge is 0.0774 e. The van der Waals surface area contributed by atoms with Crippen LogP contribution in [0.1, 0.15) is 39.5 Å². The number of rotatable bonds is 4. The molecule has 0 bridgehead atoms. The summed E-state index contributed by atoms with van der Waals surface area (Å²) in [4.78, 5) is 4.79. The number of aromatic nitrogens is 2. The third kappa shape index (κ3) is 5.08. The van der Waals surface area contributed by atoms with Crippen LogP contribution >= 0.6 is 0 Å². The third-order valence-corrected chi connectivity index (χ3v) is 8.08. The topological polar surface area (TPSA) is 58.3 Å². The van der Waals surface area contributed by atoms with E-state index in [0.717, 1.165) is 53.8 Å². The average molecular weight is 660 g/mol. The van der Waals surface area contributed by atoms with Crippen molar-refractivity contribution in [1.82, 2.24) is 9.55 Å². The molecule has 2 unspecified atom stereocenters. The molecule has 1 radical (unpaired) electrons. The van der Waals surface area contributed by atoms with Crippen molar-refractivity contribution in [3.05, 3.63) is 84.9 Å². The first-order valence-corrected chi connectivity index (χ1v) is 13.0. The molecule has 0 amide bonds. The Balaban J connectivity index is 0.000000178. The Morgan fingerprint density at radius 3 is 2.03 bits per heavy atom. The molecule has 4 aromatic rings. The summed E-state index contributed by atoms with van der Waals surface area (Å²) in [7, 11) is 0. The number of nitrogens with zero attached hydrogens (tertiary/aromatic N) is 2. The van der Waals surface area contributed by atoms with Gasteiger partial charge in [-0.1, -0.05) is 57.0 Å². The van der Waals surface area contributed by atoms with E-state index in [-0.39, 0.29) is 38.2 Å². The molecule has 1 aromatic heterocycles. The van der Waals surface area contributed by atoms with Crippen molar-refractivity contribution in [3.8, 4) is 17.1 Å². The number of benzene rings is 3. The summed E-state index contributed by atoms with van der Waals surface area (Å²) in [6.07, 6.45) is 3.90. The van der Waals surface area contributed by atoms with Crippen LogP contribution in [0.4, 0.5) is 0 Å². The van der Waals surface area contributed by atoms with Crippen LogP contribution < -0.4 is 0 Å². The van der Waals surface area contributed by atoms with Crippen LogP contribution in [-0.4, -0.2) is 32.0 Å². The predicted molar refractivity (Wildman–Crippen MR) is 141 cm³/mol. The van der Waals surface area contributed by atoms with Crippen molar-refractivity contribution in [2.75, 3.05) is 0 Å². The normalized spacial score (nSPS) is 26.7.